The van der Waals surface area contributed by atoms with Crippen molar-refractivity contribution in [2.45, 2.75) is 52.0 Å². The smallest absolute Gasteiger partial charge is 0.251 e. The van der Waals surface area contributed by atoms with Crippen LogP contribution in [0.3, 0.4) is 0 Å². The number of carbonyl (C=O) groups excluding carboxylic acids is 3. The second-order valence-electron chi connectivity index (χ2n) is 9.47. The highest BCUT2D eigenvalue weighted by Crippen LogP contribution is 2.23. The second-order valence-corrected chi connectivity index (χ2v) is 9.91. The van der Waals surface area contributed by atoms with Crippen molar-refractivity contribution in [2.24, 2.45) is 5.92 Å². The fourth-order valence-corrected chi connectivity index (χ4v) is 3.89. The van der Waals surface area contributed by atoms with Crippen molar-refractivity contribution >= 4 is 35.1 Å². The molecular formula is C25H31ClN4O3. The number of aromatic nitrogens is 1. The van der Waals surface area contributed by atoms with E-state index in [1.165, 1.54) is 6.20 Å². The van der Waals surface area contributed by atoms with Gasteiger partial charge in [0.05, 0.1) is 5.02 Å². The Kier molecular flexibility index (Phi) is 7.74. The van der Waals surface area contributed by atoms with Crippen LogP contribution in [-0.2, 0) is 15.0 Å². The Morgan fingerprint density at radius 2 is 1.70 bits per heavy atom. The Labute approximate surface area is 199 Å². The summed E-state index contributed by atoms with van der Waals surface area (Å²) >= 11 is 5.82. The van der Waals surface area contributed by atoms with Gasteiger partial charge in [-0.1, -0.05) is 44.5 Å². The molecule has 3 rings (SSSR count). The van der Waals surface area contributed by atoms with Crippen molar-refractivity contribution in [2.75, 3.05) is 18.4 Å². The van der Waals surface area contributed by atoms with Gasteiger partial charge in [0.1, 0.15) is 11.9 Å². The molecule has 2 heterocycles. The highest BCUT2D eigenvalue weighted by atomic mass is 35.5. The maximum absolute atomic E-state index is 12.8. The van der Waals surface area contributed by atoms with Crippen LogP contribution in [-0.4, -0.2) is 46.7 Å². The Morgan fingerprint density at radius 1 is 1.06 bits per heavy atom. The van der Waals surface area contributed by atoms with Crippen LogP contribution in [0.5, 0.6) is 0 Å². The van der Waals surface area contributed by atoms with Gasteiger partial charge >= 0.3 is 0 Å². The number of halogens is 1. The normalized spacial score (nSPS) is 15.6. The number of amides is 3. The molecular weight excluding hydrogens is 440 g/mol. The van der Waals surface area contributed by atoms with Gasteiger partial charge in [-0.3, -0.25) is 14.4 Å². The molecule has 0 aliphatic carbocycles. The lowest BCUT2D eigenvalue weighted by Gasteiger charge is -2.33. The third-order valence-corrected chi connectivity index (χ3v) is 6.11. The number of nitrogens with one attached hydrogen (secondary N) is 2. The van der Waals surface area contributed by atoms with Gasteiger partial charge < -0.3 is 15.5 Å². The molecule has 0 saturated carbocycles. The number of piperidine rings is 1. The molecule has 1 aromatic heterocycles. The highest BCUT2D eigenvalue weighted by Gasteiger charge is 2.30. The van der Waals surface area contributed by atoms with Crippen LogP contribution in [0.15, 0.2) is 42.6 Å². The van der Waals surface area contributed by atoms with Crippen molar-refractivity contribution in [1.29, 1.82) is 0 Å². The number of hydrogen-bond donors (Lipinski definition) is 2. The average molecular weight is 471 g/mol. The van der Waals surface area contributed by atoms with E-state index in [2.05, 4.69) is 36.4 Å². The van der Waals surface area contributed by atoms with Crippen molar-refractivity contribution in [1.82, 2.24) is 15.2 Å². The van der Waals surface area contributed by atoms with Gasteiger partial charge in [0.25, 0.3) is 5.91 Å². The fourth-order valence-electron chi connectivity index (χ4n) is 3.78. The molecule has 1 fully saturated rings. The number of hydrogen-bond acceptors (Lipinski definition) is 4. The van der Waals surface area contributed by atoms with E-state index < -0.39 is 6.04 Å². The molecule has 176 valence electrons. The molecule has 2 N–H and O–H groups in total. The van der Waals surface area contributed by atoms with Crippen molar-refractivity contribution in [3.63, 3.8) is 0 Å². The molecule has 3 amide bonds. The molecule has 0 spiro atoms. The zero-order chi connectivity index (χ0) is 24.2. The van der Waals surface area contributed by atoms with E-state index >= 15 is 0 Å². The van der Waals surface area contributed by atoms with Crippen molar-refractivity contribution in [3.05, 3.63) is 58.7 Å². The van der Waals surface area contributed by atoms with E-state index in [-0.39, 0.29) is 29.1 Å². The molecule has 1 unspecified atom stereocenters. The molecule has 1 saturated heterocycles. The first-order valence-corrected chi connectivity index (χ1v) is 11.5. The highest BCUT2D eigenvalue weighted by molar-refractivity contribution is 6.30. The van der Waals surface area contributed by atoms with E-state index in [1.807, 2.05) is 12.1 Å². The van der Waals surface area contributed by atoms with Gasteiger partial charge in [-0.15, -0.1) is 0 Å². The number of nitrogens with zero attached hydrogens (tertiary/aromatic N) is 2. The molecule has 8 heteroatoms. The number of anilines is 1. The van der Waals surface area contributed by atoms with Crippen molar-refractivity contribution in [3.8, 4) is 0 Å². The Morgan fingerprint density at radius 3 is 2.24 bits per heavy atom. The maximum Gasteiger partial charge on any atom is 0.251 e. The van der Waals surface area contributed by atoms with E-state index in [0.717, 1.165) is 5.56 Å². The quantitative estimate of drug-likeness (QED) is 0.690. The summed E-state index contributed by atoms with van der Waals surface area (Å²) in [6.45, 7) is 8.96. The minimum Gasteiger partial charge on any atom is -0.341 e. The van der Waals surface area contributed by atoms with E-state index in [1.54, 1.807) is 36.1 Å². The lowest BCUT2D eigenvalue weighted by Crippen LogP contribution is -2.50. The number of pyridine rings is 1. The molecule has 7 nitrogen and oxygen atoms in total. The van der Waals surface area contributed by atoms with E-state index in [4.69, 9.17) is 11.6 Å². The number of rotatable bonds is 5. The lowest BCUT2D eigenvalue weighted by molar-refractivity contribution is -0.135. The maximum atomic E-state index is 12.8. The summed E-state index contributed by atoms with van der Waals surface area (Å²) in [5.41, 5.74) is 1.67. The first-order valence-electron chi connectivity index (χ1n) is 11.2. The minimum absolute atomic E-state index is 0.00656. The molecule has 1 aromatic carbocycles. The SMILES string of the molecule is CC(NC(=O)c1ccc(C(C)(C)C)cc1)C(=O)N1CCC(C(=O)Nc2ccc(Cl)cn2)CC1. The Hall–Kier alpha value is -2.93. The molecule has 2 aromatic rings. The zero-order valence-electron chi connectivity index (χ0n) is 19.5. The largest absolute Gasteiger partial charge is 0.341 e. The molecule has 1 aliphatic heterocycles. The van der Waals surface area contributed by atoms with Crippen molar-refractivity contribution < 1.29 is 14.4 Å². The third-order valence-electron chi connectivity index (χ3n) is 5.89. The molecule has 0 radical (unpaired) electrons. The summed E-state index contributed by atoms with van der Waals surface area (Å²) in [6.07, 6.45) is 2.59. The van der Waals surface area contributed by atoms with Gasteiger partial charge in [-0.25, -0.2) is 4.98 Å². The van der Waals surface area contributed by atoms with Gasteiger partial charge in [-0.05, 0) is 55.0 Å². The summed E-state index contributed by atoms with van der Waals surface area (Å²) in [4.78, 5) is 43.7. The number of benzene rings is 1. The monoisotopic (exact) mass is 470 g/mol. The van der Waals surface area contributed by atoms with E-state index in [9.17, 15) is 14.4 Å². The van der Waals surface area contributed by atoms with Crippen LogP contribution in [0, 0.1) is 5.92 Å². The first-order chi connectivity index (χ1) is 15.5. The summed E-state index contributed by atoms with van der Waals surface area (Å²) in [7, 11) is 0. The number of likely N-dealkylation sites (tertiary alicyclic amines) is 1. The van der Waals surface area contributed by atoms with Gasteiger partial charge in [-0.2, -0.15) is 0 Å². The zero-order valence-corrected chi connectivity index (χ0v) is 20.3. The predicted molar refractivity (Wildman–Crippen MR) is 129 cm³/mol. The van der Waals surface area contributed by atoms with Crippen LogP contribution in [0.1, 0.15) is 56.5 Å². The Balaban J connectivity index is 1.49. The summed E-state index contributed by atoms with van der Waals surface area (Å²) in [6, 6.07) is 10.1. The average Bonchev–Trinajstić information content (AvgIpc) is 2.79. The summed E-state index contributed by atoms with van der Waals surface area (Å²) in [5, 5.41) is 6.09. The van der Waals surface area contributed by atoms with Crippen LogP contribution in [0.25, 0.3) is 0 Å². The minimum atomic E-state index is -0.650. The molecule has 1 aliphatic rings. The topological polar surface area (TPSA) is 91.4 Å². The molecule has 1 atom stereocenters. The predicted octanol–water partition coefficient (Wildman–Crippen LogP) is 4.03. The molecule has 33 heavy (non-hydrogen) atoms. The van der Waals surface area contributed by atoms with E-state index in [0.29, 0.717) is 42.3 Å². The van der Waals surface area contributed by atoms with Crippen LogP contribution in [0.2, 0.25) is 5.02 Å². The van der Waals surface area contributed by atoms with Gasteiger partial charge in [0, 0.05) is 30.8 Å². The van der Waals surface area contributed by atoms with Gasteiger partial charge in [0.2, 0.25) is 11.8 Å². The Bertz CT molecular complexity index is 992. The standard InChI is InChI=1S/C25H31ClN4O3/c1-16(28-22(31)17-5-7-19(8-6-17)25(2,3)4)24(33)30-13-11-18(12-14-30)23(32)29-21-10-9-20(26)15-27-21/h5-10,15-16,18H,11-14H2,1-4H3,(H,28,31)(H,27,29,32). The lowest BCUT2D eigenvalue weighted by atomic mass is 9.86. The first kappa shape index (κ1) is 24.7. The van der Waals surface area contributed by atoms with Crippen LogP contribution >= 0.6 is 11.6 Å². The fraction of sp³-hybridized carbons (Fsp3) is 0.440. The van der Waals surface area contributed by atoms with Crippen LogP contribution < -0.4 is 10.6 Å². The summed E-state index contributed by atoms with van der Waals surface area (Å²) < 4.78 is 0. The van der Waals surface area contributed by atoms with Crippen LogP contribution in [0.4, 0.5) is 5.82 Å². The number of carbonyl (C=O) groups is 3. The second kappa shape index (κ2) is 10.3. The summed E-state index contributed by atoms with van der Waals surface area (Å²) in [5.74, 6) is -0.279. The third kappa shape index (κ3) is 6.54. The van der Waals surface area contributed by atoms with Gasteiger partial charge in [0.15, 0.2) is 0 Å². The molecule has 0 bridgehead atoms.